The number of nitrogen functional groups attached to an aromatic ring is 1. The number of nitrogens with two attached hydrogens (primary N) is 1. The zero-order valence-electron chi connectivity index (χ0n) is 12.7. The summed E-state index contributed by atoms with van der Waals surface area (Å²) >= 11 is 0. The zero-order valence-corrected chi connectivity index (χ0v) is 12.7. The third-order valence-electron chi connectivity index (χ3n) is 3.22. The highest BCUT2D eigenvalue weighted by molar-refractivity contribution is 5.75. The van der Waals surface area contributed by atoms with Crippen molar-refractivity contribution >= 4 is 17.1 Å². The average Bonchev–Trinajstić information content (AvgIpc) is 2.43. The van der Waals surface area contributed by atoms with Gasteiger partial charge in [-0.05, 0) is 31.9 Å². The van der Waals surface area contributed by atoms with E-state index in [2.05, 4.69) is 11.4 Å². The fourth-order valence-corrected chi connectivity index (χ4v) is 2.10. The standard InChI is InChI=1S/C17H21FN2O/c1-4-7-21-17-10-16(14(19)9-13(17)18)20-15-6-5-11(2)8-12(15)3/h5-6,8-10,20H,4,7,19H2,1-3H3. The van der Waals surface area contributed by atoms with Crippen molar-refractivity contribution in [3.8, 4) is 5.75 Å². The van der Waals surface area contributed by atoms with Gasteiger partial charge in [0.15, 0.2) is 11.6 Å². The van der Waals surface area contributed by atoms with Gasteiger partial charge in [0, 0.05) is 17.8 Å². The minimum Gasteiger partial charge on any atom is -0.490 e. The van der Waals surface area contributed by atoms with Crippen molar-refractivity contribution in [2.45, 2.75) is 27.2 Å². The Balaban J connectivity index is 2.30. The van der Waals surface area contributed by atoms with E-state index in [4.69, 9.17) is 10.5 Å². The maximum atomic E-state index is 13.8. The number of nitrogens with one attached hydrogen (secondary N) is 1. The smallest absolute Gasteiger partial charge is 0.167 e. The molecule has 0 unspecified atom stereocenters. The first kappa shape index (κ1) is 15.2. The molecule has 0 atom stereocenters. The third-order valence-corrected chi connectivity index (χ3v) is 3.22. The molecular formula is C17H21FN2O. The number of halogens is 1. The van der Waals surface area contributed by atoms with Gasteiger partial charge in [-0.3, -0.25) is 0 Å². The lowest BCUT2D eigenvalue weighted by Gasteiger charge is -2.15. The number of aryl methyl sites for hydroxylation is 2. The van der Waals surface area contributed by atoms with Gasteiger partial charge in [0.2, 0.25) is 0 Å². The number of hydrogen-bond acceptors (Lipinski definition) is 3. The summed E-state index contributed by atoms with van der Waals surface area (Å²) < 4.78 is 19.2. The Bertz CT molecular complexity index is 641. The SMILES string of the molecule is CCCOc1cc(Nc2ccc(C)cc2C)c(N)cc1F. The quantitative estimate of drug-likeness (QED) is 0.793. The summed E-state index contributed by atoms with van der Waals surface area (Å²) in [6.45, 7) is 6.51. The van der Waals surface area contributed by atoms with Crippen LogP contribution in [0.2, 0.25) is 0 Å². The maximum Gasteiger partial charge on any atom is 0.167 e. The predicted octanol–water partition coefficient (Wildman–Crippen LogP) is 4.56. The Morgan fingerprint density at radius 3 is 2.57 bits per heavy atom. The molecule has 0 saturated heterocycles. The maximum absolute atomic E-state index is 13.8. The van der Waals surface area contributed by atoms with Crippen LogP contribution >= 0.6 is 0 Å². The minimum absolute atomic E-state index is 0.221. The van der Waals surface area contributed by atoms with Crippen molar-refractivity contribution in [1.29, 1.82) is 0 Å². The first-order valence-corrected chi connectivity index (χ1v) is 7.07. The molecule has 2 rings (SSSR count). The fraction of sp³-hybridized carbons (Fsp3) is 0.294. The number of hydrogen-bond donors (Lipinski definition) is 2. The molecule has 2 aromatic carbocycles. The van der Waals surface area contributed by atoms with Crippen molar-refractivity contribution in [2.75, 3.05) is 17.7 Å². The van der Waals surface area contributed by atoms with Crippen LogP contribution in [0.3, 0.4) is 0 Å². The molecule has 0 radical (unpaired) electrons. The summed E-state index contributed by atoms with van der Waals surface area (Å²) in [5.74, 6) is -0.217. The lowest BCUT2D eigenvalue weighted by Crippen LogP contribution is -2.02. The monoisotopic (exact) mass is 288 g/mol. The molecule has 21 heavy (non-hydrogen) atoms. The van der Waals surface area contributed by atoms with Crippen molar-refractivity contribution in [2.24, 2.45) is 0 Å². The molecule has 0 saturated carbocycles. The normalized spacial score (nSPS) is 10.5. The Hall–Kier alpha value is -2.23. The van der Waals surface area contributed by atoms with E-state index in [1.807, 2.05) is 32.9 Å². The summed E-state index contributed by atoms with van der Waals surface area (Å²) in [6, 6.07) is 8.98. The molecule has 0 bridgehead atoms. The number of rotatable bonds is 5. The fourth-order valence-electron chi connectivity index (χ4n) is 2.10. The van der Waals surface area contributed by atoms with Gasteiger partial charge in [-0.15, -0.1) is 0 Å². The molecule has 112 valence electrons. The molecule has 0 amide bonds. The average molecular weight is 288 g/mol. The summed E-state index contributed by atoms with van der Waals surface area (Å²) in [4.78, 5) is 0. The van der Waals surface area contributed by atoms with Crippen LogP contribution in [0.5, 0.6) is 5.75 Å². The van der Waals surface area contributed by atoms with Crippen LogP contribution in [0.25, 0.3) is 0 Å². The van der Waals surface area contributed by atoms with E-state index in [1.165, 1.54) is 11.6 Å². The van der Waals surface area contributed by atoms with Gasteiger partial charge in [0.1, 0.15) is 0 Å². The zero-order chi connectivity index (χ0) is 15.4. The molecule has 4 heteroatoms. The minimum atomic E-state index is -0.438. The molecular weight excluding hydrogens is 267 g/mol. The van der Waals surface area contributed by atoms with Crippen LogP contribution in [0.1, 0.15) is 24.5 Å². The topological polar surface area (TPSA) is 47.3 Å². The van der Waals surface area contributed by atoms with Crippen molar-refractivity contribution in [3.63, 3.8) is 0 Å². The van der Waals surface area contributed by atoms with Gasteiger partial charge >= 0.3 is 0 Å². The molecule has 0 spiro atoms. The van der Waals surface area contributed by atoms with Crippen LogP contribution in [0, 0.1) is 19.7 Å². The Labute approximate surface area is 124 Å². The molecule has 0 aliphatic rings. The summed E-state index contributed by atoms with van der Waals surface area (Å²) in [5, 5.41) is 3.24. The van der Waals surface area contributed by atoms with E-state index in [0.29, 0.717) is 18.0 Å². The van der Waals surface area contributed by atoms with E-state index >= 15 is 0 Å². The lowest BCUT2D eigenvalue weighted by atomic mass is 10.1. The Morgan fingerprint density at radius 1 is 1.14 bits per heavy atom. The molecule has 0 aromatic heterocycles. The highest BCUT2D eigenvalue weighted by Gasteiger charge is 2.10. The van der Waals surface area contributed by atoms with Gasteiger partial charge < -0.3 is 15.8 Å². The second-order valence-corrected chi connectivity index (χ2v) is 5.16. The highest BCUT2D eigenvalue weighted by Crippen LogP contribution is 2.31. The van der Waals surface area contributed by atoms with Crippen molar-refractivity contribution < 1.29 is 9.13 Å². The van der Waals surface area contributed by atoms with Gasteiger partial charge in [-0.25, -0.2) is 4.39 Å². The second-order valence-electron chi connectivity index (χ2n) is 5.16. The van der Waals surface area contributed by atoms with Crippen LogP contribution < -0.4 is 15.8 Å². The van der Waals surface area contributed by atoms with Crippen molar-refractivity contribution in [1.82, 2.24) is 0 Å². The third kappa shape index (κ3) is 3.66. The van der Waals surface area contributed by atoms with Crippen LogP contribution in [0.15, 0.2) is 30.3 Å². The predicted molar refractivity (Wildman–Crippen MR) is 85.8 cm³/mol. The Morgan fingerprint density at radius 2 is 1.90 bits per heavy atom. The largest absolute Gasteiger partial charge is 0.490 e. The van der Waals surface area contributed by atoms with Gasteiger partial charge in [-0.1, -0.05) is 24.6 Å². The van der Waals surface area contributed by atoms with E-state index in [1.54, 1.807) is 6.07 Å². The molecule has 0 aliphatic heterocycles. The van der Waals surface area contributed by atoms with Crippen LogP contribution in [-0.2, 0) is 0 Å². The Kier molecular flexibility index (Phi) is 4.68. The summed E-state index contributed by atoms with van der Waals surface area (Å²) in [5.41, 5.74) is 10.1. The molecule has 3 N–H and O–H groups in total. The van der Waals surface area contributed by atoms with Gasteiger partial charge in [0.05, 0.1) is 18.0 Å². The molecule has 2 aromatic rings. The molecule has 0 heterocycles. The summed E-state index contributed by atoms with van der Waals surface area (Å²) in [6.07, 6.45) is 0.823. The molecule has 0 fully saturated rings. The van der Waals surface area contributed by atoms with Crippen LogP contribution in [-0.4, -0.2) is 6.61 Å². The van der Waals surface area contributed by atoms with E-state index < -0.39 is 5.82 Å². The number of ether oxygens (including phenoxy) is 1. The first-order valence-electron chi connectivity index (χ1n) is 7.07. The number of benzene rings is 2. The van der Waals surface area contributed by atoms with E-state index in [-0.39, 0.29) is 5.75 Å². The molecule has 3 nitrogen and oxygen atoms in total. The van der Waals surface area contributed by atoms with Gasteiger partial charge in [0.25, 0.3) is 0 Å². The van der Waals surface area contributed by atoms with Crippen molar-refractivity contribution in [3.05, 3.63) is 47.3 Å². The van der Waals surface area contributed by atoms with E-state index in [0.717, 1.165) is 17.7 Å². The highest BCUT2D eigenvalue weighted by atomic mass is 19.1. The van der Waals surface area contributed by atoms with Crippen LogP contribution in [0.4, 0.5) is 21.5 Å². The second kappa shape index (κ2) is 6.48. The lowest BCUT2D eigenvalue weighted by molar-refractivity contribution is 0.301. The summed E-state index contributed by atoms with van der Waals surface area (Å²) in [7, 11) is 0. The number of anilines is 3. The molecule has 0 aliphatic carbocycles. The van der Waals surface area contributed by atoms with E-state index in [9.17, 15) is 4.39 Å². The van der Waals surface area contributed by atoms with Gasteiger partial charge in [-0.2, -0.15) is 0 Å². The first-order chi connectivity index (χ1) is 10.0.